The molecule has 0 bridgehead atoms. The lowest BCUT2D eigenvalue weighted by Gasteiger charge is -2.35. The summed E-state index contributed by atoms with van der Waals surface area (Å²) in [4.78, 5) is 4.31. The Labute approximate surface area is 236 Å². The van der Waals surface area contributed by atoms with Crippen LogP contribution in [-0.4, -0.2) is 42.5 Å². The predicted octanol–water partition coefficient (Wildman–Crippen LogP) is 8.61. The smallest absolute Gasteiger partial charge is 0.301 e. The summed E-state index contributed by atoms with van der Waals surface area (Å²) in [6.45, 7) is 4.48. The van der Waals surface area contributed by atoms with E-state index in [1.807, 2.05) is 4.90 Å². The molecule has 0 amide bonds. The first-order valence-electron chi connectivity index (χ1n) is 13.9. The summed E-state index contributed by atoms with van der Waals surface area (Å²) in [5.41, 5.74) is 0.546. The Kier molecular flexibility index (Phi) is 10.1. The van der Waals surface area contributed by atoms with E-state index in [0.717, 1.165) is 62.5 Å². The van der Waals surface area contributed by atoms with E-state index < -0.39 is 23.2 Å². The molecule has 0 N–H and O–H groups in total. The molecule has 0 aliphatic carbocycles. The number of benzene rings is 3. The van der Waals surface area contributed by atoms with Crippen LogP contribution in [0.25, 0.3) is 0 Å². The molecule has 41 heavy (non-hydrogen) atoms. The summed E-state index contributed by atoms with van der Waals surface area (Å²) >= 11 is 0. The summed E-state index contributed by atoms with van der Waals surface area (Å²) in [6.07, 6.45) is -0.938. The summed E-state index contributed by atoms with van der Waals surface area (Å²) in [6, 6.07) is 15.5. The van der Waals surface area contributed by atoms with E-state index >= 15 is 0 Å². The Morgan fingerprint density at radius 2 is 1.17 bits per heavy atom. The molecule has 0 atom stereocenters. The molecule has 0 saturated carbocycles. The number of rotatable bonds is 11. The van der Waals surface area contributed by atoms with E-state index in [9.17, 15) is 30.7 Å². The van der Waals surface area contributed by atoms with E-state index in [1.54, 1.807) is 24.3 Å². The van der Waals surface area contributed by atoms with Gasteiger partial charge in [-0.15, -0.1) is 0 Å². The van der Waals surface area contributed by atoms with Gasteiger partial charge in [0, 0.05) is 51.1 Å². The molecule has 4 rings (SSSR count). The van der Waals surface area contributed by atoms with Gasteiger partial charge in [0.2, 0.25) is 0 Å². The second-order valence-corrected chi connectivity index (χ2v) is 10.9. The lowest BCUT2D eigenvalue weighted by molar-refractivity contribution is -0.137. The SMILES string of the molecule is CC(F)(F)c1cc(CN2CCN(CCCCCC(c3ccc(F)cc3)c3ccc(F)cc3)CC2)cc(C(F)(F)F)c1. The molecule has 0 radical (unpaired) electrons. The van der Waals surface area contributed by atoms with Crippen LogP contribution in [0.4, 0.5) is 30.7 Å². The Morgan fingerprint density at radius 3 is 1.68 bits per heavy atom. The molecular formula is C32H35F7N2. The van der Waals surface area contributed by atoms with Crippen molar-refractivity contribution in [1.29, 1.82) is 0 Å². The van der Waals surface area contributed by atoms with Crippen LogP contribution in [-0.2, 0) is 18.6 Å². The number of nitrogens with zero attached hydrogens (tertiary/aromatic N) is 2. The maximum atomic E-state index is 13.8. The Balaban J connectivity index is 1.24. The molecule has 1 fully saturated rings. The van der Waals surface area contributed by atoms with Gasteiger partial charge in [-0.25, -0.2) is 17.6 Å². The van der Waals surface area contributed by atoms with Crippen molar-refractivity contribution in [3.8, 4) is 0 Å². The quantitative estimate of drug-likeness (QED) is 0.166. The van der Waals surface area contributed by atoms with Crippen molar-refractivity contribution in [1.82, 2.24) is 9.80 Å². The number of hydrogen-bond acceptors (Lipinski definition) is 2. The standard InChI is InChI=1S/C32H35F7N2/c1-31(35,36)26-19-23(20-27(21-26)32(37,38)39)22-41-17-15-40(16-18-41)14-4-2-3-5-30(24-6-10-28(33)11-7-24)25-8-12-29(34)13-9-25/h6-13,19-21,30H,2-5,14-18,22H2,1H3. The normalized spacial score (nSPS) is 15.5. The van der Waals surface area contributed by atoms with Crippen LogP contribution in [0.1, 0.15) is 66.3 Å². The van der Waals surface area contributed by atoms with Crippen LogP contribution in [0.5, 0.6) is 0 Å². The molecule has 1 aliphatic heterocycles. The number of unbranched alkanes of at least 4 members (excludes halogenated alkanes) is 2. The van der Waals surface area contributed by atoms with Crippen LogP contribution < -0.4 is 0 Å². The molecule has 2 nitrogen and oxygen atoms in total. The van der Waals surface area contributed by atoms with Gasteiger partial charge >= 0.3 is 6.18 Å². The minimum Gasteiger partial charge on any atom is -0.301 e. The Hall–Kier alpha value is -2.91. The van der Waals surface area contributed by atoms with Gasteiger partial charge in [-0.3, -0.25) is 4.90 Å². The van der Waals surface area contributed by atoms with Gasteiger partial charge in [-0.05, 0) is 78.5 Å². The topological polar surface area (TPSA) is 6.48 Å². The molecule has 3 aromatic carbocycles. The Morgan fingerprint density at radius 1 is 0.659 bits per heavy atom. The predicted molar refractivity (Wildman–Crippen MR) is 146 cm³/mol. The van der Waals surface area contributed by atoms with Gasteiger partial charge in [-0.1, -0.05) is 37.1 Å². The molecule has 1 heterocycles. The molecule has 222 valence electrons. The fraction of sp³-hybridized carbons (Fsp3) is 0.438. The van der Waals surface area contributed by atoms with Crippen molar-refractivity contribution < 1.29 is 30.7 Å². The lowest BCUT2D eigenvalue weighted by atomic mass is 9.87. The number of hydrogen-bond donors (Lipinski definition) is 0. The minimum atomic E-state index is -4.69. The van der Waals surface area contributed by atoms with Gasteiger partial charge in [0.1, 0.15) is 11.6 Å². The number of halogens is 7. The molecule has 1 saturated heterocycles. The average molecular weight is 581 g/mol. The van der Waals surface area contributed by atoms with Crippen LogP contribution in [0.2, 0.25) is 0 Å². The third-order valence-electron chi connectivity index (χ3n) is 7.71. The Bertz CT molecular complexity index is 1170. The van der Waals surface area contributed by atoms with E-state index in [2.05, 4.69) is 4.90 Å². The molecular weight excluding hydrogens is 545 g/mol. The highest BCUT2D eigenvalue weighted by molar-refractivity contribution is 5.35. The van der Waals surface area contributed by atoms with Crippen molar-refractivity contribution in [3.63, 3.8) is 0 Å². The highest BCUT2D eigenvalue weighted by atomic mass is 19.4. The van der Waals surface area contributed by atoms with Gasteiger partial charge in [0.05, 0.1) is 5.56 Å². The van der Waals surface area contributed by atoms with Gasteiger partial charge < -0.3 is 4.90 Å². The van der Waals surface area contributed by atoms with E-state index in [4.69, 9.17) is 0 Å². The first-order valence-corrected chi connectivity index (χ1v) is 13.9. The second kappa shape index (κ2) is 13.4. The van der Waals surface area contributed by atoms with E-state index in [0.29, 0.717) is 26.1 Å². The van der Waals surface area contributed by atoms with Gasteiger partial charge in [-0.2, -0.15) is 13.2 Å². The molecule has 9 heteroatoms. The van der Waals surface area contributed by atoms with Crippen molar-refractivity contribution in [2.75, 3.05) is 32.7 Å². The zero-order valence-electron chi connectivity index (χ0n) is 23.0. The summed E-state index contributed by atoms with van der Waals surface area (Å²) < 4.78 is 94.5. The fourth-order valence-corrected chi connectivity index (χ4v) is 5.41. The average Bonchev–Trinajstić information content (AvgIpc) is 2.92. The van der Waals surface area contributed by atoms with E-state index in [1.165, 1.54) is 30.3 Å². The first-order chi connectivity index (χ1) is 19.4. The van der Waals surface area contributed by atoms with Crippen LogP contribution >= 0.6 is 0 Å². The van der Waals surface area contributed by atoms with Crippen LogP contribution in [0.3, 0.4) is 0 Å². The minimum absolute atomic E-state index is 0.0452. The van der Waals surface area contributed by atoms with Crippen LogP contribution in [0.15, 0.2) is 66.7 Å². The molecule has 0 aromatic heterocycles. The molecule has 3 aromatic rings. The first kappa shape index (κ1) is 31.0. The second-order valence-electron chi connectivity index (χ2n) is 10.9. The van der Waals surface area contributed by atoms with Crippen molar-refractivity contribution in [2.24, 2.45) is 0 Å². The fourth-order valence-electron chi connectivity index (χ4n) is 5.41. The largest absolute Gasteiger partial charge is 0.416 e. The third-order valence-corrected chi connectivity index (χ3v) is 7.71. The lowest BCUT2D eigenvalue weighted by Crippen LogP contribution is -2.46. The molecule has 0 spiro atoms. The highest BCUT2D eigenvalue weighted by Gasteiger charge is 2.34. The van der Waals surface area contributed by atoms with E-state index in [-0.39, 0.29) is 29.7 Å². The number of piperazine rings is 1. The zero-order valence-corrected chi connectivity index (χ0v) is 23.0. The maximum absolute atomic E-state index is 13.8. The van der Waals surface area contributed by atoms with Gasteiger partial charge in [0.15, 0.2) is 0 Å². The summed E-state index contributed by atoms with van der Waals surface area (Å²) in [7, 11) is 0. The van der Waals surface area contributed by atoms with Crippen molar-refractivity contribution >= 4 is 0 Å². The summed E-state index contributed by atoms with van der Waals surface area (Å²) in [5.74, 6) is -3.90. The van der Waals surface area contributed by atoms with Crippen LogP contribution in [0, 0.1) is 11.6 Å². The maximum Gasteiger partial charge on any atom is 0.416 e. The highest BCUT2D eigenvalue weighted by Crippen LogP contribution is 2.36. The van der Waals surface area contributed by atoms with Gasteiger partial charge in [0.25, 0.3) is 5.92 Å². The molecule has 1 aliphatic rings. The summed E-state index contributed by atoms with van der Waals surface area (Å²) in [5, 5.41) is 0. The third kappa shape index (κ3) is 9.04. The molecule has 0 unspecified atom stereocenters. The van der Waals surface area contributed by atoms with Crippen molar-refractivity contribution in [3.05, 3.63) is 106 Å². The number of alkyl halides is 5. The van der Waals surface area contributed by atoms with Crippen molar-refractivity contribution in [2.45, 2.75) is 57.2 Å². The zero-order chi connectivity index (χ0) is 29.6. The monoisotopic (exact) mass is 580 g/mol.